The van der Waals surface area contributed by atoms with Crippen molar-refractivity contribution in [3.05, 3.63) is 11.3 Å². The van der Waals surface area contributed by atoms with Crippen LogP contribution in [0.5, 0.6) is 6.01 Å². The Labute approximate surface area is 156 Å². The molecule has 26 heavy (non-hydrogen) atoms. The first-order valence-corrected chi connectivity index (χ1v) is 9.68. The van der Waals surface area contributed by atoms with Gasteiger partial charge >= 0.3 is 6.01 Å². The van der Waals surface area contributed by atoms with E-state index in [1.165, 1.54) is 18.4 Å². The van der Waals surface area contributed by atoms with E-state index in [1.807, 2.05) is 6.92 Å². The second-order valence-electron chi connectivity index (χ2n) is 7.29. The van der Waals surface area contributed by atoms with E-state index in [0.717, 1.165) is 44.1 Å². The Morgan fingerprint density at radius 2 is 2.19 bits per heavy atom. The van der Waals surface area contributed by atoms with E-state index in [9.17, 15) is 0 Å². The summed E-state index contributed by atoms with van der Waals surface area (Å²) in [7, 11) is 2.15. The van der Waals surface area contributed by atoms with Crippen molar-refractivity contribution in [1.82, 2.24) is 20.2 Å². The zero-order valence-corrected chi connectivity index (χ0v) is 16.2. The summed E-state index contributed by atoms with van der Waals surface area (Å²) in [6.07, 6.45) is 3.80. The normalized spacial score (nSPS) is 23.8. The van der Waals surface area contributed by atoms with E-state index in [2.05, 4.69) is 40.1 Å². The van der Waals surface area contributed by atoms with Crippen molar-refractivity contribution in [3.63, 3.8) is 0 Å². The molecule has 1 N–H and O–H groups in total. The number of nitrogens with one attached hydrogen (secondary N) is 1. The Hall–Kier alpha value is -1.91. The Morgan fingerprint density at radius 1 is 1.35 bits per heavy atom. The molecule has 0 aromatic carbocycles. The third-order valence-electron chi connectivity index (χ3n) is 5.49. The molecule has 2 aliphatic rings. The minimum atomic E-state index is 0.185. The number of aryl methyl sites for hydroxylation is 1. The number of likely N-dealkylation sites (N-methyl/N-ethyl adjacent to an activating group) is 1. The zero-order chi connectivity index (χ0) is 18.5. The van der Waals surface area contributed by atoms with Crippen LogP contribution in [0.2, 0.25) is 0 Å². The number of nitrogens with zero attached hydrogens (tertiary/aromatic N) is 5. The molecule has 2 saturated heterocycles. The van der Waals surface area contributed by atoms with E-state index in [0.29, 0.717) is 25.1 Å². The fraction of sp³-hybridized carbons (Fsp3) is 0.737. The summed E-state index contributed by atoms with van der Waals surface area (Å²) in [6.45, 7) is 8.49. The van der Waals surface area contributed by atoms with Crippen molar-refractivity contribution in [2.24, 2.45) is 0 Å². The maximum absolute atomic E-state index is 9.00. The van der Waals surface area contributed by atoms with Gasteiger partial charge in [-0.15, -0.1) is 0 Å². The summed E-state index contributed by atoms with van der Waals surface area (Å²) in [5.74, 6) is 0.971. The van der Waals surface area contributed by atoms with Gasteiger partial charge in [-0.3, -0.25) is 0 Å². The number of piperazine rings is 1. The fourth-order valence-electron chi connectivity index (χ4n) is 3.92. The first-order chi connectivity index (χ1) is 12.6. The highest BCUT2D eigenvalue weighted by Gasteiger charge is 2.25. The van der Waals surface area contributed by atoms with Gasteiger partial charge in [0.25, 0.3) is 0 Å². The van der Waals surface area contributed by atoms with Gasteiger partial charge < -0.3 is 19.9 Å². The van der Waals surface area contributed by atoms with Crippen LogP contribution in [0.3, 0.4) is 0 Å². The highest BCUT2D eigenvalue weighted by molar-refractivity contribution is 5.50. The number of hydrogen-bond acceptors (Lipinski definition) is 7. The van der Waals surface area contributed by atoms with E-state index in [-0.39, 0.29) is 6.04 Å². The topological polar surface area (TPSA) is 77.3 Å². The molecular weight excluding hydrogens is 328 g/mol. The summed E-state index contributed by atoms with van der Waals surface area (Å²) in [5.41, 5.74) is 2.16. The summed E-state index contributed by atoms with van der Waals surface area (Å²) in [5, 5.41) is 12.4. The van der Waals surface area contributed by atoms with Crippen molar-refractivity contribution in [3.8, 4) is 12.1 Å². The van der Waals surface area contributed by atoms with Crippen LogP contribution in [-0.4, -0.2) is 66.8 Å². The second kappa shape index (κ2) is 8.65. The maximum atomic E-state index is 9.00. The van der Waals surface area contributed by atoms with Crippen LogP contribution in [0, 0.1) is 18.3 Å². The lowest BCUT2D eigenvalue weighted by atomic mass is 10.1. The third-order valence-corrected chi connectivity index (χ3v) is 5.49. The Balaban J connectivity index is 1.77. The van der Waals surface area contributed by atoms with Crippen molar-refractivity contribution < 1.29 is 4.74 Å². The molecule has 2 fully saturated rings. The number of likely N-dealkylation sites (tertiary alicyclic amines) is 1. The van der Waals surface area contributed by atoms with Gasteiger partial charge in [0.2, 0.25) is 0 Å². The lowest BCUT2D eigenvalue weighted by Crippen LogP contribution is -2.51. The van der Waals surface area contributed by atoms with E-state index in [4.69, 9.17) is 15.0 Å². The summed E-state index contributed by atoms with van der Waals surface area (Å²) >= 11 is 0. The van der Waals surface area contributed by atoms with Crippen molar-refractivity contribution in [2.45, 2.75) is 51.6 Å². The van der Waals surface area contributed by atoms with Crippen molar-refractivity contribution in [1.29, 1.82) is 5.26 Å². The molecule has 0 amide bonds. The van der Waals surface area contributed by atoms with E-state index >= 15 is 0 Å². The highest BCUT2D eigenvalue weighted by atomic mass is 16.5. The molecule has 3 heterocycles. The quantitative estimate of drug-likeness (QED) is 0.826. The first-order valence-electron chi connectivity index (χ1n) is 9.68. The smallest absolute Gasteiger partial charge is 0.318 e. The standard InChI is InChI=1S/C19H30N6O/c1-4-17-14(2)22-19(26-13-16-6-5-10-24(16)3)23-18(17)25-11-9-21-15(12-25)7-8-20/h15-16,21H,4-7,9-13H2,1-3H3/t15?,16-/m0/s1. The summed E-state index contributed by atoms with van der Waals surface area (Å²) < 4.78 is 5.99. The molecule has 0 aliphatic carbocycles. The predicted molar refractivity (Wildman–Crippen MR) is 102 cm³/mol. The van der Waals surface area contributed by atoms with Gasteiger partial charge in [0.15, 0.2) is 0 Å². The molecule has 2 aliphatic heterocycles. The number of ether oxygens (including phenoxy) is 1. The Bertz CT molecular complexity index is 658. The van der Waals surface area contributed by atoms with Crippen LogP contribution in [0.15, 0.2) is 0 Å². The average Bonchev–Trinajstić information content (AvgIpc) is 3.05. The first kappa shape index (κ1) is 18.9. The third kappa shape index (κ3) is 4.25. The molecule has 3 rings (SSSR count). The highest BCUT2D eigenvalue weighted by Crippen LogP contribution is 2.26. The van der Waals surface area contributed by atoms with E-state index < -0.39 is 0 Å². The fourth-order valence-corrected chi connectivity index (χ4v) is 3.92. The average molecular weight is 358 g/mol. The molecule has 1 unspecified atom stereocenters. The summed E-state index contributed by atoms with van der Waals surface area (Å²) in [4.78, 5) is 14.0. The van der Waals surface area contributed by atoms with Crippen LogP contribution in [0.4, 0.5) is 5.82 Å². The van der Waals surface area contributed by atoms with Gasteiger partial charge in [-0.25, -0.2) is 4.98 Å². The minimum absolute atomic E-state index is 0.185. The number of nitriles is 1. The number of aromatic nitrogens is 2. The Kier molecular flexibility index (Phi) is 6.28. The molecule has 0 spiro atoms. The van der Waals surface area contributed by atoms with Gasteiger partial charge in [-0.1, -0.05) is 6.92 Å². The molecule has 0 bridgehead atoms. The lowest BCUT2D eigenvalue weighted by molar-refractivity contribution is 0.187. The molecule has 2 atom stereocenters. The van der Waals surface area contributed by atoms with Crippen molar-refractivity contribution >= 4 is 5.82 Å². The molecule has 0 radical (unpaired) electrons. The van der Waals surface area contributed by atoms with E-state index in [1.54, 1.807) is 0 Å². The Morgan fingerprint density at radius 3 is 2.88 bits per heavy atom. The number of hydrogen-bond donors (Lipinski definition) is 1. The minimum Gasteiger partial charge on any atom is -0.462 e. The van der Waals surface area contributed by atoms with Crippen LogP contribution in [0.1, 0.15) is 37.4 Å². The van der Waals surface area contributed by atoms with Crippen molar-refractivity contribution in [2.75, 3.05) is 44.7 Å². The number of rotatable bonds is 6. The largest absolute Gasteiger partial charge is 0.462 e. The van der Waals surface area contributed by atoms with Crippen LogP contribution < -0.4 is 15.0 Å². The zero-order valence-electron chi connectivity index (χ0n) is 16.2. The molecule has 1 aromatic rings. The SMILES string of the molecule is CCc1c(C)nc(OC[C@@H]2CCCN2C)nc1N1CCNC(CC#N)C1. The molecule has 0 saturated carbocycles. The van der Waals surface area contributed by atoms with Gasteiger partial charge in [0, 0.05) is 43.0 Å². The number of anilines is 1. The molecule has 1 aromatic heterocycles. The maximum Gasteiger partial charge on any atom is 0.318 e. The van der Waals surface area contributed by atoms with Gasteiger partial charge in [-0.2, -0.15) is 10.2 Å². The molecule has 7 nitrogen and oxygen atoms in total. The molecule has 7 heteroatoms. The molecule has 142 valence electrons. The van der Waals surface area contributed by atoms with Crippen LogP contribution >= 0.6 is 0 Å². The van der Waals surface area contributed by atoms with Gasteiger partial charge in [0.1, 0.15) is 12.4 Å². The monoisotopic (exact) mass is 358 g/mol. The summed E-state index contributed by atoms with van der Waals surface area (Å²) in [6, 6.07) is 3.38. The van der Waals surface area contributed by atoms with Gasteiger partial charge in [0.05, 0.1) is 12.5 Å². The lowest BCUT2D eigenvalue weighted by Gasteiger charge is -2.35. The van der Waals surface area contributed by atoms with Crippen LogP contribution in [0.25, 0.3) is 0 Å². The predicted octanol–water partition coefficient (Wildman–Crippen LogP) is 1.51. The second-order valence-corrected chi connectivity index (χ2v) is 7.29. The molecular formula is C19H30N6O. The van der Waals surface area contributed by atoms with Gasteiger partial charge in [-0.05, 0) is 39.8 Å². The van der Waals surface area contributed by atoms with Crippen LogP contribution in [-0.2, 0) is 6.42 Å².